The Kier molecular flexibility index (Phi) is 6.81. The number of nitrogens with one attached hydrogen (secondary N) is 4. The van der Waals surface area contributed by atoms with Crippen molar-refractivity contribution in [3.05, 3.63) is 73.1 Å². The first kappa shape index (κ1) is 22.4. The van der Waals surface area contributed by atoms with Gasteiger partial charge >= 0.3 is 0 Å². The van der Waals surface area contributed by atoms with Gasteiger partial charge in [0.1, 0.15) is 5.82 Å². The van der Waals surface area contributed by atoms with E-state index in [0.29, 0.717) is 17.5 Å². The number of aromatic nitrogens is 4. The predicted octanol–water partition coefficient (Wildman–Crippen LogP) is 3.50. The molecule has 10 nitrogen and oxygen atoms in total. The molecule has 1 amide bonds. The van der Waals surface area contributed by atoms with Crippen molar-refractivity contribution in [3.8, 4) is 11.3 Å². The molecule has 2 aromatic heterocycles. The number of rotatable bonds is 8. The zero-order valence-corrected chi connectivity index (χ0v) is 19.1. The molecule has 0 saturated carbocycles. The SMILES string of the molecule is O=C(CNc1ccn[nH]1)Nc1ccc(-c2ccnc(Nc3ccc(N4CCOCC4)cc3)n2)cc1. The van der Waals surface area contributed by atoms with E-state index in [1.54, 1.807) is 18.5 Å². The summed E-state index contributed by atoms with van der Waals surface area (Å²) in [5.41, 5.74) is 4.51. The number of amides is 1. The Hall–Kier alpha value is -4.44. The van der Waals surface area contributed by atoms with Crippen molar-refractivity contribution in [1.29, 1.82) is 0 Å². The highest BCUT2D eigenvalue weighted by Crippen LogP contribution is 2.23. The van der Waals surface area contributed by atoms with Crippen LogP contribution in [-0.2, 0) is 9.53 Å². The molecule has 1 aliphatic rings. The van der Waals surface area contributed by atoms with Crippen LogP contribution in [0.25, 0.3) is 11.3 Å². The first-order valence-electron chi connectivity index (χ1n) is 11.4. The summed E-state index contributed by atoms with van der Waals surface area (Å²) in [6.45, 7) is 3.47. The van der Waals surface area contributed by atoms with Gasteiger partial charge in [-0.25, -0.2) is 9.97 Å². The maximum atomic E-state index is 12.1. The van der Waals surface area contributed by atoms with Crippen LogP contribution in [0.1, 0.15) is 0 Å². The van der Waals surface area contributed by atoms with E-state index >= 15 is 0 Å². The van der Waals surface area contributed by atoms with Gasteiger partial charge in [-0.05, 0) is 48.5 Å². The van der Waals surface area contributed by atoms with Crippen LogP contribution in [0, 0.1) is 0 Å². The molecule has 1 fully saturated rings. The second-order valence-electron chi connectivity index (χ2n) is 7.99. The third-order valence-corrected chi connectivity index (χ3v) is 5.56. The lowest BCUT2D eigenvalue weighted by atomic mass is 10.1. The van der Waals surface area contributed by atoms with E-state index in [2.05, 4.69) is 53.1 Å². The van der Waals surface area contributed by atoms with E-state index in [-0.39, 0.29) is 12.5 Å². The van der Waals surface area contributed by atoms with E-state index in [1.165, 1.54) is 5.69 Å². The summed E-state index contributed by atoms with van der Waals surface area (Å²) in [7, 11) is 0. The average molecular weight is 471 g/mol. The van der Waals surface area contributed by atoms with E-state index in [4.69, 9.17) is 4.74 Å². The maximum Gasteiger partial charge on any atom is 0.243 e. The molecule has 0 radical (unpaired) electrons. The Labute approximate surface area is 202 Å². The van der Waals surface area contributed by atoms with Gasteiger partial charge in [0, 0.05) is 41.9 Å². The number of hydrogen-bond donors (Lipinski definition) is 4. The molecule has 5 rings (SSSR count). The summed E-state index contributed by atoms with van der Waals surface area (Å²) in [6, 6.07) is 19.4. The Morgan fingerprint density at radius 2 is 1.71 bits per heavy atom. The molecule has 4 N–H and O–H groups in total. The van der Waals surface area contributed by atoms with Crippen molar-refractivity contribution in [3.63, 3.8) is 0 Å². The quantitative estimate of drug-likeness (QED) is 0.309. The van der Waals surface area contributed by atoms with Gasteiger partial charge in [0.15, 0.2) is 0 Å². The summed E-state index contributed by atoms with van der Waals surface area (Å²) in [6.07, 6.45) is 3.35. The highest BCUT2D eigenvalue weighted by Gasteiger charge is 2.11. The third kappa shape index (κ3) is 5.92. The molecule has 0 atom stereocenters. The summed E-state index contributed by atoms with van der Waals surface area (Å²) in [5, 5.41) is 15.7. The number of hydrogen-bond acceptors (Lipinski definition) is 8. The first-order chi connectivity index (χ1) is 17.2. The van der Waals surface area contributed by atoms with Crippen LogP contribution in [0.5, 0.6) is 0 Å². The first-order valence-corrected chi connectivity index (χ1v) is 11.4. The molecule has 3 heterocycles. The van der Waals surface area contributed by atoms with Gasteiger partial charge in [-0.15, -0.1) is 0 Å². The average Bonchev–Trinajstić information content (AvgIpc) is 3.43. The summed E-state index contributed by atoms with van der Waals surface area (Å²) in [5.74, 6) is 1.06. The van der Waals surface area contributed by atoms with Crippen molar-refractivity contribution in [2.75, 3.05) is 53.7 Å². The fraction of sp³-hybridized carbons (Fsp3) is 0.200. The molecular formula is C25H26N8O2. The van der Waals surface area contributed by atoms with E-state index < -0.39 is 0 Å². The number of carbonyl (C=O) groups is 1. The molecule has 1 saturated heterocycles. The van der Waals surface area contributed by atoms with Crippen LogP contribution in [0.3, 0.4) is 0 Å². The Morgan fingerprint density at radius 1 is 0.943 bits per heavy atom. The summed E-state index contributed by atoms with van der Waals surface area (Å²) >= 11 is 0. The zero-order valence-electron chi connectivity index (χ0n) is 19.1. The van der Waals surface area contributed by atoms with E-state index in [1.807, 2.05) is 42.5 Å². The van der Waals surface area contributed by atoms with Gasteiger partial charge < -0.3 is 25.6 Å². The lowest BCUT2D eigenvalue weighted by Crippen LogP contribution is -2.36. The fourth-order valence-corrected chi connectivity index (χ4v) is 3.75. The minimum atomic E-state index is -0.152. The number of anilines is 5. The van der Waals surface area contributed by atoms with Crippen LogP contribution < -0.4 is 20.9 Å². The fourth-order valence-electron chi connectivity index (χ4n) is 3.75. The number of nitrogens with zero attached hydrogens (tertiary/aromatic N) is 4. The molecule has 35 heavy (non-hydrogen) atoms. The predicted molar refractivity (Wildman–Crippen MR) is 136 cm³/mol. The Morgan fingerprint density at radius 3 is 2.46 bits per heavy atom. The molecular weight excluding hydrogens is 444 g/mol. The largest absolute Gasteiger partial charge is 0.378 e. The molecule has 10 heteroatoms. The van der Waals surface area contributed by atoms with Gasteiger partial charge in [0.25, 0.3) is 0 Å². The molecule has 0 unspecified atom stereocenters. The second-order valence-corrected chi connectivity index (χ2v) is 7.99. The standard InChI is InChI=1S/C25H26N8O2/c34-24(17-27-23-10-12-28-32-23)29-19-3-1-18(2-4-19)22-9-11-26-25(31-22)30-20-5-7-21(8-6-20)33-13-15-35-16-14-33/h1-12H,13-17H2,(H,29,34)(H,26,30,31)(H2,27,28,32). The van der Waals surface area contributed by atoms with Crippen LogP contribution in [-0.4, -0.2) is 58.9 Å². The summed E-state index contributed by atoms with van der Waals surface area (Å²) in [4.78, 5) is 23.5. The van der Waals surface area contributed by atoms with Crippen LogP contribution in [0.15, 0.2) is 73.1 Å². The Bertz CT molecular complexity index is 1240. The van der Waals surface area contributed by atoms with Crippen LogP contribution in [0.2, 0.25) is 0 Å². The van der Waals surface area contributed by atoms with Crippen molar-refractivity contribution < 1.29 is 9.53 Å². The third-order valence-electron chi connectivity index (χ3n) is 5.56. The topological polar surface area (TPSA) is 120 Å². The molecule has 2 aromatic carbocycles. The normalized spacial score (nSPS) is 13.3. The zero-order chi connectivity index (χ0) is 23.9. The van der Waals surface area contributed by atoms with Gasteiger partial charge in [-0.2, -0.15) is 5.10 Å². The number of morpholine rings is 1. The smallest absolute Gasteiger partial charge is 0.243 e. The molecule has 178 valence electrons. The number of ether oxygens (including phenoxy) is 1. The highest BCUT2D eigenvalue weighted by molar-refractivity contribution is 5.93. The number of carbonyl (C=O) groups excluding carboxylic acids is 1. The lowest BCUT2D eigenvalue weighted by Gasteiger charge is -2.28. The van der Waals surface area contributed by atoms with E-state index in [0.717, 1.165) is 43.2 Å². The molecule has 1 aliphatic heterocycles. The number of aromatic amines is 1. The van der Waals surface area contributed by atoms with Crippen molar-refractivity contribution in [1.82, 2.24) is 20.2 Å². The van der Waals surface area contributed by atoms with Gasteiger partial charge in [0.2, 0.25) is 11.9 Å². The van der Waals surface area contributed by atoms with Crippen molar-refractivity contribution in [2.24, 2.45) is 0 Å². The van der Waals surface area contributed by atoms with Crippen LogP contribution in [0.4, 0.5) is 28.8 Å². The highest BCUT2D eigenvalue weighted by atomic mass is 16.5. The van der Waals surface area contributed by atoms with Crippen LogP contribution >= 0.6 is 0 Å². The lowest BCUT2D eigenvalue weighted by molar-refractivity contribution is -0.114. The molecule has 0 bridgehead atoms. The molecule has 0 spiro atoms. The minimum Gasteiger partial charge on any atom is -0.378 e. The van der Waals surface area contributed by atoms with Crippen molar-refractivity contribution in [2.45, 2.75) is 0 Å². The molecule has 0 aliphatic carbocycles. The maximum absolute atomic E-state index is 12.1. The minimum absolute atomic E-state index is 0.137. The summed E-state index contributed by atoms with van der Waals surface area (Å²) < 4.78 is 5.42. The van der Waals surface area contributed by atoms with Gasteiger partial charge in [0.05, 0.1) is 31.6 Å². The van der Waals surface area contributed by atoms with Gasteiger partial charge in [-0.3, -0.25) is 9.89 Å². The molecule has 4 aromatic rings. The van der Waals surface area contributed by atoms with E-state index in [9.17, 15) is 4.79 Å². The van der Waals surface area contributed by atoms with Gasteiger partial charge in [-0.1, -0.05) is 12.1 Å². The van der Waals surface area contributed by atoms with Crippen molar-refractivity contribution >= 4 is 34.7 Å². The number of benzene rings is 2. The Balaban J connectivity index is 1.18. The second kappa shape index (κ2) is 10.7. The monoisotopic (exact) mass is 470 g/mol. The number of H-pyrrole nitrogens is 1.